The Morgan fingerprint density at radius 1 is 1.14 bits per heavy atom. The van der Waals surface area contributed by atoms with E-state index in [1.165, 1.54) is 5.56 Å². The van der Waals surface area contributed by atoms with Crippen molar-refractivity contribution in [2.45, 2.75) is 19.1 Å². The van der Waals surface area contributed by atoms with Gasteiger partial charge in [-0.2, -0.15) is 18.3 Å². The Balaban J connectivity index is 1.95. The number of H-pyrrole nitrogens is 1. The summed E-state index contributed by atoms with van der Waals surface area (Å²) in [5.41, 5.74) is 6.31. The van der Waals surface area contributed by atoms with Gasteiger partial charge in [0, 0.05) is 31.9 Å². The standard InChI is InChI=1S/C15H19F3N4/c16-15(17,18)14-10-13(20-21-14)11-22(9-7-19)8-6-12-4-2-1-3-5-12/h1-5,10H,6-9,11,19H2,(H,20,21). The number of rotatable bonds is 7. The number of aromatic nitrogens is 2. The molecule has 0 saturated heterocycles. The molecule has 0 bridgehead atoms. The molecule has 22 heavy (non-hydrogen) atoms. The second-order valence-corrected chi connectivity index (χ2v) is 5.08. The number of alkyl halides is 3. The van der Waals surface area contributed by atoms with Crippen LogP contribution in [-0.2, 0) is 19.1 Å². The molecule has 0 aliphatic rings. The number of nitrogens with zero attached hydrogens (tertiary/aromatic N) is 2. The van der Waals surface area contributed by atoms with Gasteiger partial charge in [0.25, 0.3) is 0 Å². The molecule has 1 heterocycles. The third-order valence-corrected chi connectivity index (χ3v) is 3.32. The molecule has 0 amide bonds. The van der Waals surface area contributed by atoms with Crippen molar-refractivity contribution in [2.75, 3.05) is 19.6 Å². The minimum atomic E-state index is -4.42. The van der Waals surface area contributed by atoms with E-state index in [1.807, 2.05) is 35.2 Å². The van der Waals surface area contributed by atoms with Crippen molar-refractivity contribution < 1.29 is 13.2 Å². The molecule has 0 spiro atoms. The summed E-state index contributed by atoms with van der Waals surface area (Å²) in [5, 5.41) is 5.76. The van der Waals surface area contributed by atoms with Crippen LogP contribution in [0.3, 0.4) is 0 Å². The van der Waals surface area contributed by atoms with Crippen molar-refractivity contribution in [3.05, 3.63) is 53.3 Å². The third-order valence-electron chi connectivity index (χ3n) is 3.32. The maximum absolute atomic E-state index is 12.5. The zero-order valence-corrected chi connectivity index (χ0v) is 12.1. The molecule has 3 N–H and O–H groups in total. The van der Waals surface area contributed by atoms with Gasteiger partial charge >= 0.3 is 6.18 Å². The molecule has 0 radical (unpaired) electrons. The molecular formula is C15H19F3N4. The maximum atomic E-state index is 12.5. The molecule has 0 saturated carbocycles. The van der Waals surface area contributed by atoms with Crippen LogP contribution in [0.15, 0.2) is 36.4 Å². The van der Waals surface area contributed by atoms with Gasteiger partial charge in [0.1, 0.15) is 0 Å². The van der Waals surface area contributed by atoms with E-state index in [4.69, 9.17) is 5.73 Å². The van der Waals surface area contributed by atoms with Gasteiger partial charge in [-0.15, -0.1) is 0 Å². The van der Waals surface area contributed by atoms with E-state index in [-0.39, 0.29) is 0 Å². The van der Waals surface area contributed by atoms with Gasteiger partial charge in [-0.25, -0.2) is 0 Å². The topological polar surface area (TPSA) is 57.9 Å². The van der Waals surface area contributed by atoms with Crippen LogP contribution in [0.5, 0.6) is 0 Å². The molecule has 120 valence electrons. The number of benzene rings is 1. The molecule has 1 aromatic heterocycles. The Morgan fingerprint density at radius 3 is 2.45 bits per heavy atom. The summed E-state index contributed by atoms with van der Waals surface area (Å²) in [7, 11) is 0. The van der Waals surface area contributed by atoms with Crippen LogP contribution in [0.1, 0.15) is 17.0 Å². The van der Waals surface area contributed by atoms with E-state index in [9.17, 15) is 13.2 Å². The fraction of sp³-hybridized carbons (Fsp3) is 0.400. The van der Waals surface area contributed by atoms with E-state index in [2.05, 4.69) is 10.2 Å². The number of halogens is 3. The lowest BCUT2D eigenvalue weighted by Gasteiger charge is -2.20. The lowest BCUT2D eigenvalue weighted by molar-refractivity contribution is -0.141. The zero-order valence-electron chi connectivity index (χ0n) is 12.1. The summed E-state index contributed by atoms with van der Waals surface area (Å²) >= 11 is 0. The number of hydrogen-bond acceptors (Lipinski definition) is 3. The predicted molar refractivity (Wildman–Crippen MR) is 78.1 cm³/mol. The Labute approximate surface area is 127 Å². The highest BCUT2D eigenvalue weighted by Crippen LogP contribution is 2.27. The van der Waals surface area contributed by atoms with Gasteiger partial charge in [-0.05, 0) is 18.1 Å². The van der Waals surface area contributed by atoms with E-state index in [1.54, 1.807) is 0 Å². The fourth-order valence-electron chi connectivity index (χ4n) is 2.21. The summed E-state index contributed by atoms with van der Waals surface area (Å²) in [6.45, 7) is 2.16. The largest absolute Gasteiger partial charge is 0.435 e. The monoisotopic (exact) mass is 312 g/mol. The number of hydrogen-bond donors (Lipinski definition) is 2. The summed E-state index contributed by atoms with van der Waals surface area (Å²) in [6.07, 6.45) is -3.60. The van der Waals surface area contributed by atoms with Crippen molar-refractivity contribution in [3.8, 4) is 0 Å². The first-order valence-corrected chi connectivity index (χ1v) is 7.07. The molecule has 7 heteroatoms. The highest BCUT2D eigenvalue weighted by molar-refractivity contribution is 5.15. The predicted octanol–water partition coefficient (Wildman–Crippen LogP) is 2.43. The summed E-state index contributed by atoms with van der Waals surface area (Å²) < 4.78 is 37.6. The van der Waals surface area contributed by atoms with Gasteiger partial charge in [-0.3, -0.25) is 10.00 Å². The molecule has 1 aromatic carbocycles. The van der Waals surface area contributed by atoms with Gasteiger partial charge in [-0.1, -0.05) is 30.3 Å². The molecule has 0 fully saturated rings. The maximum Gasteiger partial charge on any atom is 0.435 e. The highest BCUT2D eigenvalue weighted by atomic mass is 19.4. The van der Waals surface area contributed by atoms with E-state index < -0.39 is 11.9 Å². The van der Waals surface area contributed by atoms with Crippen LogP contribution in [0, 0.1) is 0 Å². The van der Waals surface area contributed by atoms with Crippen molar-refractivity contribution in [2.24, 2.45) is 5.73 Å². The Hall–Kier alpha value is -1.86. The van der Waals surface area contributed by atoms with E-state index in [0.717, 1.165) is 19.0 Å². The van der Waals surface area contributed by atoms with Gasteiger partial charge < -0.3 is 5.73 Å². The second-order valence-electron chi connectivity index (χ2n) is 5.08. The van der Waals surface area contributed by atoms with Crippen LogP contribution >= 0.6 is 0 Å². The van der Waals surface area contributed by atoms with Gasteiger partial charge in [0.15, 0.2) is 5.69 Å². The molecule has 2 rings (SSSR count). The van der Waals surface area contributed by atoms with Crippen molar-refractivity contribution in [1.29, 1.82) is 0 Å². The fourth-order valence-corrected chi connectivity index (χ4v) is 2.21. The Morgan fingerprint density at radius 2 is 1.86 bits per heavy atom. The van der Waals surface area contributed by atoms with Crippen molar-refractivity contribution >= 4 is 0 Å². The first kappa shape index (κ1) is 16.5. The first-order valence-electron chi connectivity index (χ1n) is 7.07. The number of aromatic amines is 1. The molecule has 0 aliphatic carbocycles. The zero-order chi connectivity index (χ0) is 16.0. The summed E-state index contributed by atoms with van der Waals surface area (Å²) in [5.74, 6) is 0. The van der Waals surface area contributed by atoms with Crippen LogP contribution in [0.2, 0.25) is 0 Å². The minimum absolute atomic E-state index is 0.368. The smallest absolute Gasteiger partial charge is 0.329 e. The molecule has 2 aromatic rings. The van der Waals surface area contributed by atoms with E-state index in [0.29, 0.717) is 25.3 Å². The molecule has 0 aliphatic heterocycles. The van der Waals surface area contributed by atoms with Gasteiger partial charge in [0.2, 0.25) is 0 Å². The normalized spacial score (nSPS) is 12.0. The van der Waals surface area contributed by atoms with Crippen LogP contribution in [0.4, 0.5) is 13.2 Å². The average molecular weight is 312 g/mol. The average Bonchev–Trinajstić information content (AvgIpc) is 2.95. The molecule has 0 atom stereocenters. The van der Waals surface area contributed by atoms with Crippen LogP contribution < -0.4 is 5.73 Å². The highest BCUT2D eigenvalue weighted by Gasteiger charge is 2.33. The minimum Gasteiger partial charge on any atom is -0.329 e. The van der Waals surface area contributed by atoms with E-state index >= 15 is 0 Å². The first-order chi connectivity index (χ1) is 10.5. The quantitative estimate of drug-likeness (QED) is 0.825. The third kappa shape index (κ3) is 4.85. The summed E-state index contributed by atoms with van der Waals surface area (Å²) in [4.78, 5) is 2.01. The number of nitrogens with two attached hydrogens (primary N) is 1. The summed E-state index contributed by atoms with van der Waals surface area (Å²) in [6, 6.07) is 11.0. The van der Waals surface area contributed by atoms with Crippen molar-refractivity contribution in [3.63, 3.8) is 0 Å². The van der Waals surface area contributed by atoms with Crippen LogP contribution in [0.25, 0.3) is 0 Å². The van der Waals surface area contributed by atoms with Gasteiger partial charge in [0.05, 0.1) is 0 Å². The second kappa shape index (κ2) is 7.42. The van der Waals surface area contributed by atoms with Crippen molar-refractivity contribution in [1.82, 2.24) is 15.1 Å². The Kier molecular flexibility index (Phi) is 5.57. The lowest BCUT2D eigenvalue weighted by atomic mass is 10.1. The Bertz CT molecular complexity index is 566. The molecular weight excluding hydrogens is 293 g/mol. The SMILES string of the molecule is NCCN(CCc1ccccc1)Cc1cc(C(F)(F)F)n[nH]1. The number of nitrogens with one attached hydrogen (secondary N) is 1. The lowest BCUT2D eigenvalue weighted by Crippen LogP contribution is -2.31. The molecule has 0 unspecified atom stereocenters. The molecule has 4 nitrogen and oxygen atoms in total. The van der Waals surface area contributed by atoms with Crippen LogP contribution in [-0.4, -0.2) is 34.7 Å².